The van der Waals surface area contributed by atoms with Gasteiger partial charge in [0.1, 0.15) is 6.04 Å². The zero-order chi connectivity index (χ0) is 13.5. The molecule has 0 radical (unpaired) electrons. The van der Waals surface area contributed by atoms with E-state index in [2.05, 4.69) is 0 Å². The third-order valence-corrected chi connectivity index (χ3v) is 3.09. The summed E-state index contributed by atoms with van der Waals surface area (Å²) in [7, 11) is 1.51. The summed E-state index contributed by atoms with van der Waals surface area (Å²) >= 11 is 0. The Balaban J connectivity index is 2.39. The smallest absolute Gasteiger partial charge is 0.309 e. The average Bonchev–Trinajstić information content (AvgIpc) is 2.38. The van der Waals surface area contributed by atoms with Gasteiger partial charge in [-0.2, -0.15) is 0 Å². The minimum Gasteiger partial charge on any atom is -0.466 e. The summed E-state index contributed by atoms with van der Waals surface area (Å²) in [5, 5.41) is 0. The van der Waals surface area contributed by atoms with Crippen LogP contribution >= 0.6 is 0 Å². The second kappa shape index (κ2) is 7.33. The Morgan fingerprint density at radius 1 is 1.39 bits per heavy atom. The molecular weight excluding hydrogens is 236 g/mol. The van der Waals surface area contributed by atoms with Crippen LogP contribution in [0.5, 0.6) is 0 Å². The van der Waals surface area contributed by atoms with E-state index >= 15 is 0 Å². The molecule has 0 aromatic heterocycles. The largest absolute Gasteiger partial charge is 0.466 e. The number of nitrogens with zero attached hydrogens (tertiary/aromatic N) is 1. The molecule has 104 valence electrons. The maximum atomic E-state index is 11.9. The molecule has 2 N–H and O–H groups in total. The van der Waals surface area contributed by atoms with Crippen molar-refractivity contribution in [3.05, 3.63) is 0 Å². The molecule has 6 nitrogen and oxygen atoms in total. The van der Waals surface area contributed by atoms with Crippen molar-refractivity contribution < 1.29 is 19.1 Å². The van der Waals surface area contributed by atoms with Gasteiger partial charge in [0, 0.05) is 20.2 Å². The fraction of sp³-hybridized carbons (Fsp3) is 0.833. The molecule has 0 spiro atoms. The predicted molar refractivity (Wildman–Crippen MR) is 65.8 cm³/mol. The summed E-state index contributed by atoms with van der Waals surface area (Å²) in [6, 6.07) is -0.617. The van der Waals surface area contributed by atoms with E-state index in [1.54, 1.807) is 11.8 Å². The predicted octanol–water partition coefficient (Wildman–Crippen LogP) is -0.238. The third kappa shape index (κ3) is 3.96. The van der Waals surface area contributed by atoms with Gasteiger partial charge in [-0.3, -0.25) is 9.59 Å². The normalized spacial score (nSPS) is 18.5. The van der Waals surface area contributed by atoms with E-state index in [-0.39, 0.29) is 24.4 Å². The number of hydrogen-bond acceptors (Lipinski definition) is 5. The minimum atomic E-state index is -0.617. The van der Waals surface area contributed by atoms with E-state index in [4.69, 9.17) is 15.2 Å². The van der Waals surface area contributed by atoms with E-state index < -0.39 is 6.04 Å². The highest BCUT2D eigenvalue weighted by Crippen LogP contribution is 2.19. The summed E-state index contributed by atoms with van der Waals surface area (Å²) in [5.74, 6) is -0.363. The second-order valence-corrected chi connectivity index (χ2v) is 4.41. The van der Waals surface area contributed by atoms with Crippen LogP contribution in [0.25, 0.3) is 0 Å². The highest BCUT2D eigenvalue weighted by Gasteiger charge is 2.30. The maximum absolute atomic E-state index is 11.9. The first kappa shape index (κ1) is 14.9. The number of rotatable bonds is 5. The number of amides is 1. The molecule has 0 aromatic rings. The van der Waals surface area contributed by atoms with Crippen molar-refractivity contribution in [1.82, 2.24) is 4.90 Å². The van der Waals surface area contributed by atoms with Crippen LogP contribution < -0.4 is 5.73 Å². The lowest BCUT2D eigenvalue weighted by atomic mass is 9.96. The lowest BCUT2D eigenvalue weighted by Crippen LogP contribution is -2.49. The molecule has 0 bridgehead atoms. The van der Waals surface area contributed by atoms with Crippen LogP contribution in [0.15, 0.2) is 0 Å². The van der Waals surface area contributed by atoms with Crippen molar-refractivity contribution in [1.29, 1.82) is 0 Å². The first-order chi connectivity index (χ1) is 8.60. The van der Waals surface area contributed by atoms with Crippen LogP contribution in [0.3, 0.4) is 0 Å². The molecule has 1 amide bonds. The van der Waals surface area contributed by atoms with Crippen LogP contribution in [0, 0.1) is 5.92 Å². The molecule has 1 fully saturated rings. The summed E-state index contributed by atoms with van der Waals surface area (Å²) in [6.07, 6.45) is 1.29. The number of carbonyl (C=O) groups excluding carboxylic acids is 2. The first-order valence-corrected chi connectivity index (χ1v) is 6.30. The van der Waals surface area contributed by atoms with Crippen molar-refractivity contribution in [2.75, 3.05) is 33.4 Å². The van der Waals surface area contributed by atoms with E-state index in [1.807, 2.05) is 0 Å². The third-order valence-electron chi connectivity index (χ3n) is 3.09. The van der Waals surface area contributed by atoms with Crippen molar-refractivity contribution >= 4 is 11.9 Å². The number of nitrogens with two attached hydrogens (primary N) is 1. The Hall–Kier alpha value is -1.14. The van der Waals surface area contributed by atoms with Crippen LogP contribution in [0.4, 0.5) is 0 Å². The van der Waals surface area contributed by atoms with Crippen LogP contribution in [0.1, 0.15) is 19.8 Å². The van der Waals surface area contributed by atoms with Crippen LogP contribution in [-0.4, -0.2) is 56.2 Å². The van der Waals surface area contributed by atoms with Gasteiger partial charge in [0.05, 0.1) is 19.1 Å². The number of methoxy groups -OCH3 is 1. The average molecular weight is 258 g/mol. The second-order valence-electron chi connectivity index (χ2n) is 4.41. The quantitative estimate of drug-likeness (QED) is 0.688. The highest BCUT2D eigenvalue weighted by atomic mass is 16.5. The van der Waals surface area contributed by atoms with Gasteiger partial charge in [-0.25, -0.2) is 0 Å². The van der Waals surface area contributed by atoms with Gasteiger partial charge in [-0.1, -0.05) is 0 Å². The van der Waals surface area contributed by atoms with Gasteiger partial charge in [-0.15, -0.1) is 0 Å². The number of ether oxygens (including phenoxy) is 2. The number of hydrogen-bond donors (Lipinski definition) is 1. The van der Waals surface area contributed by atoms with Gasteiger partial charge in [-0.05, 0) is 19.8 Å². The van der Waals surface area contributed by atoms with E-state index in [0.717, 1.165) is 0 Å². The van der Waals surface area contributed by atoms with E-state index in [9.17, 15) is 9.59 Å². The van der Waals surface area contributed by atoms with Crippen LogP contribution in [-0.2, 0) is 19.1 Å². The molecule has 1 atom stereocenters. The molecular formula is C12H22N2O4. The Morgan fingerprint density at radius 3 is 2.50 bits per heavy atom. The summed E-state index contributed by atoms with van der Waals surface area (Å²) in [6.45, 7) is 3.52. The van der Waals surface area contributed by atoms with Crippen molar-refractivity contribution in [3.8, 4) is 0 Å². The zero-order valence-corrected chi connectivity index (χ0v) is 11.1. The number of piperidine rings is 1. The molecule has 1 unspecified atom stereocenters. The fourth-order valence-corrected chi connectivity index (χ4v) is 2.08. The van der Waals surface area contributed by atoms with Gasteiger partial charge >= 0.3 is 5.97 Å². The van der Waals surface area contributed by atoms with Crippen LogP contribution in [0.2, 0.25) is 0 Å². The van der Waals surface area contributed by atoms with Gasteiger partial charge in [0.2, 0.25) is 5.91 Å². The lowest BCUT2D eigenvalue weighted by Gasteiger charge is -2.32. The molecule has 18 heavy (non-hydrogen) atoms. The van der Waals surface area contributed by atoms with Crippen molar-refractivity contribution in [3.63, 3.8) is 0 Å². The summed E-state index contributed by atoms with van der Waals surface area (Å²) in [4.78, 5) is 25.1. The monoisotopic (exact) mass is 258 g/mol. The lowest BCUT2D eigenvalue weighted by molar-refractivity contribution is -0.151. The fourth-order valence-electron chi connectivity index (χ4n) is 2.08. The SMILES string of the molecule is CCOC(=O)C1CCN(C(=O)C(N)COC)CC1. The Kier molecular flexibility index (Phi) is 6.07. The topological polar surface area (TPSA) is 81.9 Å². The number of carbonyl (C=O) groups is 2. The molecule has 1 aliphatic rings. The maximum Gasteiger partial charge on any atom is 0.309 e. The molecule has 6 heteroatoms. The zero-order valence-electron chi connectivity index (χ0n) is 11.1. The van der Waals surface area contributed by atoms with Crippen molar-refractivity contribution in [2.24, 2.45) is 11.7 Å². The Bertz CT molecular complexity index is 288. The summed E-state index contributed by atoms with van der Waals surface area (Å²) in [5.41, 5.74) is 5.69. The summed E-state index contributed by atoms with van der Waals surface area (Å²) < 4.78 is 9.84. The molecule has 1 aliphatic heterocycles. The van der Waals surface area contributed by atoms with E-state index in [0.29, 0.717) is 32.5 Å². The van der Waals surface area contributed by atoms with Crippen molar-refractivity contribution in [2.45, 2.75) is 25.8 Å². The highest BCUT2D eigenvalue weighted by molar-refractivity contribution is 5.82. The molecule has 1 saturated heterocycles. The van der Waals surface area contributed by atoms with Gasteiger partial charge in [0.15, 0.2) is 0 Å². The van der Waals surface area contributed by atoms with Gasteiger partial charge in [0.25, 0.3) is 0 Å². The molecule has 1 rings (SSSR count). The standard InChI is InChI=1S/C12H22N2O4/c1-3-18-12(16)9-4-6-14(7-5-9)11(15)10(13)8-17-2/h9-10H,3-8,13H2,1-2H3. The molecule has 0 aromatic carbocycles. The molecule has 0 aliphatic carbocycles. The minimum absolute atomic E-state index is 0.0901. The van der Waals surface area contributed by atoms with Gasteiger partial charge < -0.3 is 20.1 Å². The number of likely N-dealkylation sites (tertiary alicyclic amines) is 1. The Morgan fingerprint density at radius 2 is 2.00 bits per heavy atom. The molecule has 0 saturated carbocycles. The van der Waals surface area contributed by atoms with E-state index in [1.165, 1.54) is 7.11 Å². The molecule has 1 heterocycles. The Labute approximate surface area is 107 Å². The first-order valence-electron chi connectivity index (χ1n) is 6.30. The number of esters is 1.